The molecule has 4 nitrogen and oxygen atoms in total. The van der Waals surface area contributed by atoms with Gasteiger partial charge in [-0.05, 0) is 46.8 Å². The lowest BCUT2D eigenvalue weighted by molar-refractivity contribution is 0.238. The fourth-order valence-electron chi connectivity index (χ4n) is 2.94. The van der Waals surface area contributed by atoms with E-state index in [2.05, 4.69) is 32.3 Å². The van der Waals surface area contributed by atoms with E-state index in [1.54, 1.807) is 11.1 Å². The third kappa shape index (κ3) is 2.76. The van der Waals surface area contributed by atoms with Gasteiger partial charge in [0.05, 0.1) is 0 Å². The van der Waals surface area contributed by atoms with Gasteiger partial charge in [0, 0.05) is 23.3 Å². The Bertz CT molecular complexity index is 486. The third-order valence-corrected chi connectivity index (χ3v) is 4.38. The van der Waals surface area contributed by atoms with Crippen molar-refractivity contribution in [1.29, 1.82) is 0 Å². The minimum atomic E-state index is 0.0143. The monoisotopic (exact) mass is 323 g/mol. The summed E-state index contributed by atoms with van der Waals surface area (Å²) in [6.45, 7) is 0.733. The molecule has 102 valence electrons. The smallest absolute Gasteiger partial charge is 0.323 e. The number of rotatable bonds is 1. The maximum absolute atomic E-state index is 12.3. The molecule has 3 rings (SSSR count). The molecule has 2 heterocycles. The number of aromatic nitrogens is 1. The number of hydrogen-bond acceptors (Lipinski definition) is 2. The molecule has 0 saturated heterocycles. The standard InChI is InChI=1S/C14H18BrN3O/c15-11-8-10-6-7-18(13(10)16-9-11)14(19)17-12-4-2-1-3-5-12/h8-9,12H,1-7H2,(H,17,19). The van der Waals surface area contributed by atoms with Crippen LogP contribution in [-0.2, 0) is 6.42 Å². The lowest BCUT2D eigenvalue weighted by Crippen LogP contribution is -2.45. The molecule has 5 heteroatoms. The van der Waals surface area contributed by atoms with E-state index in [1.165, 1.54) is 19.3 Å². The number of amides is 2. The molecule has 1 aliphatic heterocycles. The number of nitrogens with zero attached hydrogens (tertiary/aromatic N) is 2. The predicted octanol–water partition coefficient (Wildman–Crippen LogP) is 3.25. The summed E-state index contributed by atoms with van der Waals surface area (Å²) in [5.74, 6) is 0.816. The summed E-state index contributed by atoms with van der Waals surface area (Å²) in [7, 11) is 0. The van der Waals surface area contributed by atoms with Crippen LogP contribution in [0, 0.1) is 0 Å². The summed E-state index contributed by atoms with van der Waals surface area (Å²) in [6.07, 6.45) is 8.62. The quantitative estimate of drug-likeness (QED) is 0.862. The molecule has 1 N–H and O–H groups in total. The van der Waals surface area contributed by atoms with Gasteiger partial charge in [0.15, 0.2) is 0 Å². The van der Waals surface area contributed by atoms with Crippen molar-refractivity contribution in [3.05, 3.63) is 22.3 Å². The summed E-state index contributed by atoms with van der Waals surface area (Å²) in [5.41, 5.74) is 1.15. The van der Waals surface area contributed by atoms with Crippen LogP contribution in [0.25, 0.3) is 0 Å². The first-order valence-electron chi connectivity index (χ1n) is 6.96. The van der Waals surface area contributed by atoms with E-state index in [9.17, 15) is 4.79 Å². The number of nitrogens with one attached hydrogen (secondary N) is 1. The van der Waals surface area contributed by atoms with Crippen molar-refractivity contribution in [3.8, 4) is 0 Å². The number of carbonyl (C=O) groups excluding carboxylic acids is 1. The van der Waals surface area contributed by atoms with Crippen LogP contribution >= 0.6 is 15.9 Å². The first-order valence-corrected chi connectivity index (χ1v) is 7.76. The minimum Gasteiger partial charge on any atom is -0.335 e. The summed E-state index contributed by atoms with van der Waals surface area (Å²) < 4.78 is 0.973. The van der Waals surface area contributed by atoms with Gasteiger partial charge < -0.3 is 5.32 Å². The van der Waals surface area contributed by atoms with Gasteiger partial charge >= 0.3 is 6.03 Å². The lowest BCUT2D eigenvalue weighted by atomic mass is 9.96. The Kier molecular flexibility index (Phi) is 3.73. The molecule has 0 aromatic carbocycles. The van der Waals surface area contributed by atoms with E-state index in [0.717, 1.165) is 41.7 Å². The van der Waals surface area contributed by atoms with Crippen LogP contribution in [0.2, 0.25) is 0 Å². The molecule has 1 aromatic rings. The highest BCUT2D eigenvalue weighted by Gasteiger charge is 2.27. The molecule has 19 heavy (non-hydrogen) atoms. The first-order chi connectivity index (χ1) is 9.24. The van der Waals surface area contributed by atoms with Crippen LogP contribution in [0.4, 0.5) is 10.6 Å². The molecule has 0 radical (unpaired) electrons. The van der Waals surface area contributed by atoms with E-state index in [4.69, 9.17) is 0 Å². The van der Waals surface area contributed by atoms with Gasteiger partial charge in [-0.3, -0.25) is 4.90 Å². The van der Waals surface area contributed by atoms with Crippen LogP contribution in [-0.4, -0.2) is 23.6 Å². The fourth-order valence-corrected chi connectivity index (χ4v) is 3.32. The molecule has 0 bridgehead atoms. The lowest BCUT2D eigenvalue weighted by Gasteiger charge is -2.25. The number of carbonyl (C=O) groups is 1. The summed E-state index contributed by atoms with van der Waals surface area (Å²) in [4.78, 5) is 18.5. The van der Waals surface area contributed by atoms with E-state index in [0.29, 0.717) is 6.04 Å². The number of hydrogen-bond donors (Lipinski definition) is 1. The topological polar surface area (TPSA) is 45.2 Å². The van der Waals surface area contributed by atoms with Gasteiger partial charge in [-0.25, -0.2) is 9.78 Å². The van der Waals surface area contributed by atoms with Gasteiger partial charge in [0.25, 0.3) is 0 Å². The zero-order chi connectivity index (χ0) is 13.2. The van der Waals surface area contributed by atoms with Crippen LogP contribution in [0.5, 0.6) is 0 Å². The Labute approximate surface area is 121 Å². The molecule has 2 amide bonds. The Balaban J connectivity index is 1.69. The van der Waals surface area contributed by atoms with Crippen molar-refractivity contribution in [2.24, 2.45) is 0 Å². The number of halogens is 1. The van der Waals surface area contributed by atoms with E-state index >= 15 is 0 Å². The highest BCUT2D eigenvalue weighted by Crippen LogP contribution is 2.28. The second-order valence-electron chi connectivity index (χ2n) is 5.32. The van der Waals surface area contributed by atoms with E-state index in [-0.39, 0.29) is 6.03 Å². The van der Waals surface area contributed by atoms with Crippen molar-refractivity contribution in [2.45, 2.75) is 44.6 Å². The Morgan fingerprint density at radius 2 is 2.16 bits per heavy atom. The van der Waals surface area contributed by atoms with E-state index in [1.807, 2.05) is 0 Å². The Morgan fingerprint density at radius 1 is 1.37 bits per heavy atom. The predicted molar refractivity (Wildman–Crippen MR) is 78.4 cm³/mol. The molecule has 1 aliphatic carbocycles. The maximum atomic E-state index is 12.3. The van der Waals surface area contributed by atoms with Gasteiger partial charge in [-0.1, -0.05) is 19.3 Å². The summed E-state index contributed by atoms with van der Waals surface area (Å²) in [5, 5.41) is 3.15. The van der Waals surface area contributed by atoms with Crippen molar-refractivity contribution in [3.63, 3.8) is 0 Å². The zero-order valence-electron chi connectivity index (χ0n) is 10.9. The Hall–Kier alpha value is -1.10. The Morgan fingerprint density at radius 3 is 2.95 bits per heavy atom. The minimum absolute atomic E-state index is 0.0143. The summed E-state index contributed by atoms with van der Waals surface area (Å²) >= 11 is 3.42. The van der Waals surface area contributed by atoms with Gasteiger partial charge in [0.1, 0.15) is 5.82 Å². The number of pyridine rings is 1. The average Bonchev–Trinajstić information content (AvgIpc) is 2.82. The first kappa shape index (κ1) is 12.9. The molecule has 1 fully saturated rings. The molecular formula is C14H18BrN3O. The van der Waals surface area contributed by atoms with Gasteiger partial charge in [-0.15, -0.1) is 0 Å². The van der Waals surface area contributed by atoms with Crippen LogP contribution in [0.1, 0.15) is 37.7 Å². The zero-order valence-corrected chi connectivity index (χ0v) is 12.4. The molecular weight excluding hydrogens is 306 g/mol. The number of fused-ring (bicyclic) bond motifs is 1. The van der Waals surface area contributed by atoms with Crippen molar-refractivity contribution in [2.75, 3.05) is 11.4 Å². The second kappa shape index (κ2) is 5.49. The van der Waals surface area contributed by atoms with Crippen LogP contribution < -0.4 is 10.2 Å². The van der Waals surface area contributed by atoms with Crippen LogP contribution in [0.3, 0.4) is 0 Å². The number of urea groups is 1. The molecule has 1 aromatic heterocycles. The van der Waals surface area contributed by atoms with Crippen LogP contribution in [0.15, 0.2) is 16.7 Å². The molecule has 2 aliphatic rings. The number of anilines is 1. The average molecular weight is 324 g/mol. The molecule has 1 saturated carbocycles. The van der Waals surface area contributed by atoms with Crippen molar-refractivity contribution < 1.29 is 4.79 Å². The molecule has 0 spiro atoms. The molecule has 0 atom stereocenters. The van der Waals surface area contributed by atoms with Gasteiger partial charge in [0.2, 0.25) is 0 Å². The SMILES string of the molecule is O=C(NC1CCCCC1)N1CCc2cc(Br)cnc21. The van der Waals surface area contributed by atoms with Crippen molar-refractivity contribution >= 4 is 27.8 Å². The molecule has 0 unspecified atom stereocenters. The van der Waals surface area contributed by atoms with E-state index < -0.39 is 0 Å². The third-order valence-electron chi connectivity index (χ3n) is 3.95. The summed E-state index contributed by atoms with van der Waals surface area (Å²) in [6, 6.07) is 2.41. The largest absolute Gasteiger partial charge is 0.335 e. The maximum Gasteiger partial charge on any atom is 0.323 e. The normalized spacial score (nSPS) is 19.3. The van der Waals surface area contributed by atoms with Crippen molar-refractivity contribution in [1.82, 2.24) is 10.3 Å². The van der Waals surface area contributed by atoms with Gasteiger partial charge in [-0.2, -0.15) is 0 Å². The highest BCUT2D eigenvalue weighted by molar-refractivity contribution is 9.10. The second-order valence-corrected chi connectivity index (χ2v) is 6.24. The fraction of sp³-hybridized carbons (Fsp3) is 0.571. The highest BCUT2D eigenvalue weighted by atomic mass is 79.9.